The maximum absolute atomic E-state index is 13.3. The van der Waals surface area contributed by atoms with Gasteiger partial charge in [-0.1, -0.05) is 18.2 Å². The number of halogens is 1. The van der Waals surface area contributed by atoms with Crippen molar-refractivity contribution in [3.8, 4) is 0 Å². The fraction of sp³-hybridized carbons (Fsp3) is 0.0667. The maximum atomic E-state index is 13.3. The Labute approximate surface area is 110 Å². The molecule has 1 aromatic heterocycles. The molecule has 0 radical (unpaired) electrons. The number of nitrogens with one attached hydrogen (secondary N) is 1. The molecule has 0 unspecified atom stereocenters. The SMILES string of the molecule is Fc1ccc2cccc(NCc3cncnc3)c2c1. The van der Waals surface area contributed by atoms with Crippen molar-refractivity contribution in [2.24, 2.45) is 0 Å². The van der Waals surface area contributed by atoms with Crippen LogP contribution in [-0.4, -0.2) is 9.97 Å². The first-order valence-corrected chi connectivity index (χ1v) is 5.99. The molecular formula is C15H12FN3. The summed E-state index contributed by atoms with van der Waals surface area (Å²) in [5, 5.41) is 5.17. The highest BCUT2D eigenvalue weighted by Crippen LogP contribution is 2.24. The molecule has 0 aliphatic rings. The largest absolute Gasteiger partial charge is 0.380 e. The van der Waals surface area contributed by atoms with Crippen molar-refractivity contribution < 1.29 is 4.39 Å². The molecule has 4 heteroatoms. The first kappa shape index (κ1) is 11.6. The van der Waals surface area contributed by atoms with Crippen LogP contribution in [0.1, 0.15) is 5.56 Å². The van der Waals surface area contributed by atoms with Crippen molar-refractivity contribution in [3.63, 3.8) is 0 Å². The van der Waals surface area contributed by atoms with E-state index in [2.05, 4.69) is 15.3 Å². The molecule has 1 heterocycles. The lowest BCUT2D eigenvalue weighted by Gasteiger charge is -2.09. The highest BCUT2D eigenvalue weighted by molar-refractivity contribution is 5.93. The molecule has 0 atom stereocenters. The quantitative estimate of drug-likeness (QED) is 0.777. The summed E-state index contributed by atoms with van der Waals surface area (Å²) >= 11 is 0. The molecule has 3 nitrogen and oxygen atoms in total. The number of rotatable bonds is 3. The van der Waals surface area contributed by atoms with Crippen molar-refractivity contribution in [2.75, 3.05) is 5.32 Å². The second-order valence-corrected chi connectivity index (χ2v) is 4.27. The highest BCUT2D eigenvalue weighted by Gasteiger charge is 2.02. The Bertz CT molecular complexity index is 698. The molecule has 0 fully saturated rings. The number of nitrogens with zero attached hydrogens (tertiary/aromatic N) is 2. The monoisotopic (exact) mass is 253 g/mol. The minimum absolute atomic E-state index is 0.232. The number of hydrogen-bond donors (Lipinski definition) is 1. The molecule has 3 aromatic rings. The first-order valence-electron chi connectivity index (χ1n) is 5.99. The van der Waals surface area contributed by atoms with Gasteiger partial charge < -0.3 is 5.32 Å². The van der Waals surface area contributed by atoms with E-state index >= 15 is 0 Å². The highest BCUT2D eigenvalue weighted by atomic mass is 19.1. The van der Waals surface area contributed by atoms with Gasteiger partial charge in [0.1, 0.15) is 12.1 Å². The second-order valence-electron chi connectivity index (χ2n) is 4.27. The standard InChI is InChI=1S/C15H12FN3/c16-13-5-4-12-2-1-3-15(14(12)6-13)19-9-11-7-17-10-18-8-11/h1-8,10,19H,9H2. The molecule has 0 saturated carbocycles. The number of fused-ring (bicyclic) bond motifs is 1. The smallest absolute Gasteiger partial charge is 0.123 e. The minimum atomic E-state index is -0.232. The predicted octanol–water partition coefficient (Wildman–Crippen LogP) is 3.38. The summed E-state index contributed by atoms with van der Waals surface area (Å²) in [5.74, 6) is -0.232. The maximum Gasteiger partial charge on any atom is 0.123 e. The van der Waals surface area contributed by atoms with Gasteiger partial charge in [0.15, 0.2) is 0 Å². The van der Waals surface area contributed by atoms with Gasteiger partial charge >= 0.3 is 0 Å². The van der Waals surface area contributed by atoms with Gasteiger partial charge in [0.2, 0.25) is 0 Å². The van der Waals surface area contributed by atoms with Crippen LogP contribution in [0.2, 0.25) is 0 Å². The Morgan fingerprint density at radius 3 is 2.74 bits per heavy atom. The lowest BCUT2D eigenvalue weighted by atomic mass is 10.1. The molecule has 0 spiro atoms. The third-order valence-electron chi connectivity index (χ3n) is 2.94. The molecule has 94 valence electrons. The number of aromatic nitrogens is 2. The summed E-state index contributed by atoms with van der Waals surface area (Å²) in [5.41, 5.74) is 1.89. The average molecular weight is 253 g/mol. The number of benzene rings is 2. The Balaban J connectivity index is 1.90. The summed E-state index contributed by atoms with van der Waals surface area (Å²) in [6.07, 6.45) is 5.01. The van der Waals surface area contributed by atoms with E-state index in [1.165, 1.54) is 12.4 Å². The Morgan fingerprint density at radius 2 is 1.89 bits per heavy atom. The van der Waals surface area contributed by atoms with Crippen LogP contribution in [-0.2, 0) is 6.54 Å². The van der Waals surface area contributed by atoms with Gasteiger partial charge in [-0.05, 0) is 23.6 Å². The number of anilines is 1. The fourth-order valence-corrected chi connectivity index (χ4v) is 2.02. The van der Waals surface area contributed by atoms with Crippen LogP contribution in [0.15, 0.2) is 55.1 Å². The van der Waals surface area contributed by atoms with Crippen LogP contribution >= 0.6 is 0 Å². The van der Waals surface area contributed by atoms with E-state index in [-0.39, 0.29) is 5.82 Å². The molecular weight excluding hydrogens is 241 g/mol. The van der Waals surface area contributed by atoms with Gasteiger partial charge in [-0.3, -0.25) is 0 Å². The summed E-state index contributed by atoms with van der Waals surface area (Å²) in [7, 11) is 0. The van der Waals surface area contributed by atoms with Crippen LogP contribution in [0.3, 0.4) is 0 Å². The zero-order valence-corrected chi connectivity index (χ0v) is 10.2. The summed E-state index contributed by atoms with van der Waals surface area (Å²) in [6.45, 7) is 0.608. The van der Waals surface area contributed by atoms with E-state index in [4.69, 9.17) is 0 Å². The summed E-state index contributed by atoms with van der Waals surface area (Å²) in [4.78, 5) is 7.92. The molecule has 2 aromatic carbocycles. The van der Waals surface area contributed by atoms with Crippen LogP contribution in [0.25, 0.3) is 10.8 Å². The second kappa shape index (κ2) is 5.02. The Hall–Kier alpha value is -2.49. The van der Waals surface area contributed by atoms with Gasteiger partial charge in [-0.25, -0.2) is 14.4 Å². The van der Waals surface area contributed by atoms with Gasteiger partial charge in [0, 0.05) is 35.6 Å². The van der Waals surface area contributed by atoms with E-state index in [1.54, 1.807) is 24.5 Å². The van der Waals surface area contributed by atoms with Crippen molar-refractivity contribution in [3.05, 3.63) is 66.5 Å². The Kier molecular flexibility index (Phi) is 3.06. The molecule has 0 aliphatic carbocycles. The normalized spacial score (nSPS) is 10.6. The molecule has 3 rings (SSSR count). The van der Waals surface area contributed by atoms with E-state index in [1.807, 2.05) is 18.2 Å². The van der Waals surface area contributed by atoms with Crippen LogP contribution < -0.4 is 5.32 Å². The predicted molar refractivity (Wildman–Crippen MR) is 73.3 cm³/mol. The van der Waals surface area contributed by atoms with E-state index in [0.29, 0.717) is 6.54 Å². The van der Waals surface area contributed by atoms with Gasteiger partial charge in [0.25, 0.3) is 0 Å². The van der Waals surface area contributed by atoms with Crippen LogP contribution in [0.4, 0.5) is 10.1 Å². The van der Waals surface area contributed by atoms with E-state index in [9.17, 15) is 4.39 Å². The van der Waals surface area contributed by atoms with E-state index < -0.39 is 0 Å². The third kappa shape index (κ3) is 2.52. The van der Waals surface area contributed by atoms with Crippen molar-refractivity contribution >= 4 is 16.5 Å². The van der Waals surface area contributed by atoms with Gasteiger partial charge in [-0.2, -0.15) is 0 Å². The molecule has 0 aliphatic heterocycles. The molecule has 1 N–H and O–H groups in total. The zero-order valence-electron chi connectivity index (χ0n) is 10.2. The van der Waals surface area contributed by atoms with Crippen molar-refractivity contribution in [2.45, 2.75) is 6.54 Å². The van der Waals surface area contributed by atoms with E-state index in [0.717, 1.165) is 22.0 Å². The Morgan fingerprint density at radius 1 is 1.05 bits per heavy atom. The molecule has 19 heavy (non-hydrogen) atoms. The zero-order chi connectivity index (χ0) is 13.1. The minimum Gasteiger partial charge on any atom is -0.380 e. The van der Waals surface area contributed by atoms with Crippen molar-refractivity contribution in [1.29, 1.82) is 0 Å². The van der Waals surface area contributed by atoms with Crippen molar-refractivity contribution in [1.82, 2.24) is 9.97 Å². The van der Waals surface area contributed by atoms with Gasteiger partial charge in [-0.15, -0.1) is 0 Å². The molecule has 0 amide bonds. The average Bonchev–Trinajstić information content (AvgIpc) is 2.46. The summed E-state index contributed by atoms with van der Waals surface area (Å²) in [6, 6.07) is 10.6. The number of hydrogen-bond acceptors (Lipinski definition) is 3. The topological polar surface area (TPSA) is 37.8 Å². The lowest BCUT2D eigenvalue weighted by molar-refractivity contribution is 0.630. The first-order chi connectivity index (χ1) is 9.33. The third-order valence-corrected chi connectivity index (χ3v) is 2.94. The lowest BCUT2D eigenvalue weighted by Crippen LogP contribution is -2.00. The molecule has 0 saturated heterocycles. The van der Waals surface area contributed by atoms with Gasteiger partial charge in [0.05, 0.1) is 0 Å². The molecule has 0 bridgehead atoms. The fourth-order valence-electron chi connectivity index (χ4n) is 2.02. The van der Waals surface area contributed by atoms with Crippen LogP contribution in [0.5, 0.6) is 0 Å². The van der Waals surface area contributed by atoms with Crippen LogP contribution in [0, 0.1) is 5.82 Å². The summed E-state index contributed by atoms with van der Waals surface area (Å²) < 4.78 is 13.3.